The van der Waals surface area contributed by atoms with Crippen molar-refractivity contribution in [2.45, 2.75) is 20.8 Å². The third-order valence-corrected chi connectivity index (χ3v) is 1.48. The third kappa shape index (κ3) is 2.22. The highest BCUT2D eigenvalue weighted by Crippen LogP contribution is 2.23. The van der Waals surface area contributed by atoms with Crippen molar-refractivity contribution in [2.24, 2.45) is 5.92 Å². The van der Waals surface area contributed by atoms with Gasteiger partial charge < -0.3 is 0 Å². The summed E-state index contributed by atoms with van der Waals surface area (Å²) in [6.07, 6.45) is 0. The lowest BCUT2D eigenvalue weighted by Gasteiger charge is -2.16. The molecular weight excluding hydrogens is 120 g/mol. The summed E-state index contributed by atoms with van der Waals surface area (Å²) in [5.41, 5.74) is 3.38. The Bertz CT molecular complexity index is 139. The topological polar surface area (TPSA) is 0 Å². The average molecular weight is 136 g/mol. The second-order valence-corrected chi connectivity index (χ2v) is 2.97. The second kappa shape index (κ2) is 3.40. The molecule has 0 radical (unpaired) electrons. The van der Waals surface area contributed by atoms with Crippen LogP contribution in [0.3, 0.4) is 0 Å². The minimum absolute atomic E-state index is 0.306. The van der Waals surface area contributed by atoms with Crippen LogP contribution >= 0.6 is 0 Å². The maximum absolute atomic E-state index is 3.88. The average Bonchev–Trinajstić information content (AvgIpc) is 1.59. The number of rotatable bonds is 3. The summed E-state index contributed by atoms with van der Waals surface area (Å²) in [6.45, 7) is 17.7. The fourth-order valence-electron chi connectivity index (χ4n) is 1.26. The van der Waals surface area contributed by atoms with Crippen LogP contribution in [-0.2, 0) is 0 Å². The maximum Gasteiger partial charge on any atom is 0.0200 e. The van der Waals surface area contributed by atoms with Crippen molar-refractivity contribution in [2.75, 3.05) is 0 Å². The van der Waals surface area contributed by atoms with Gasteiger partial charge in [-0.3, -0.25) is 0 Å². The lowest BCUT2D eigenvalue weighted by atomic mass is 9.89. The van der Waals surface area contributed by atoms with E-state index in [4.69, 9.17) is 0 Å². The summed E-state index contributed by atoms with van der Waals surface area (Å²) in [7, 11) is 0. The molecule has 0 amide bonds. The highest BCUT2D eigenvalue weighted by Gasteiger charge is 2.09. The van der Waals surface area contributed by atoms with Crippen LogP contribution in [0.4, 0.5) is 0 Å². The van der Waals surface area contributed by atoms with E-state index >= 15 is 0 Å². The van der Waals surface area contributed by atoms with Crippen molar-refractivity contribution in [1.82, 2.24) is 0 Å². The quantitative estimate of drug-likeness (QED) is 0.522. The molecule has 0 unspecified atom stereocenters. The molecule has 0 bridgehead atoms. The molecule has 0 aliphatic heterocycles. The van der Waals surface area contributed by atoms with Crippen molar-refractivity contribution in [1.29, 1.82) is 0 Å². The Kier molecular flexibility index (Phi) is 3.14. The van der Waals surface area contributed by atoms with E-state index in [-0.39, 0.29) is 0 Å². The van der Waals surface area contributed by atoms with E-state index < -0.39 is 0 Å². The van der Waals surface area contributed by atoms with Gasteiger partial charge in [-0.25, -0.2) is 0 Å². The molecule has 0 aromatic rings. The van der Waals surface area contributed by atoms with Gasteiger partial charge in [-0.1, -0.05) is 36.5 Å². The first-order chi connectivity index (χ1) is 4.46. The van der Waals surface area contributed by atoms with Gasteiger partial charge in [0, 0.05) is 5.92 Å². The molecule has 0 rings (SSSR count). The largest absolute Gasteiger partial charge is 0.0992 e. The zero-order chi connectivity index (χ0) is 8.31. The Balaban J connectivity index is 4.43. The predicted octanol–water partition coefficient (Wildman–Crippen LogP) is 3.33. The summed E-state index contributed by atoms with van der Waals surface area (Å²) in [4.78, 5) is 0. The summed E-state index contributed by atoms with van der Waals surface area (Å²) < 4.78 is 0. The molecule has 0 heteroatoms. The zero-order valence-corrected chi connectivity index (χ0v) is 7.20. The van der Waals surface area contributed by atoms with Crippen molar-refractivity contribution >= 4 is 0 Å². The monoisotopic (exact) mass is 136 g/mol. The van der Waals surface area contributed by atoms with Crippen LogP contribution in [0.15, 0.2) is 36.5 Å². The predicted molar refractivity (Wildman–Crippen MR) is 47.9 cm³/mol. The first-order valence-corrected chi connectivity index (χ1v) is 3.43. The van der Waals surface area contributed by atoms with Gasteiger partial charge in [0.2, 0.25) is 0 Å². The van der Waals surface area contributed by atoms with E-state index in [1.54, 1.807) is 0 Å². The van der Waals surface area contributed by atoms with Crippen LogP contribution in [0, 0.1) is 5.92 Å². The molecule has 0 heterocycles. The molecule has 0 aliphatic carbocycles. The Morgan fingerprint density at radius 1 is 0.800 bits per heavy atom. The molecule has 56 valence electrons. The molecule has 0 atom stereocenters. The normalized spacial score (nSPS) is 9.60. The smallest absolute Gasteiger partial charge is 0.0200 e. The number of hydrogen-bond donors (Lipinski definition) is 0. The molecular formula is C10H16. The molecule has 0 spiro atoms. The molecule has 0 N–H and O–H groups in total. The standard InChI is InChI=1S/C10H16/c1-7(2)10(8(3)4)9(5)6/h10H,1,3,5H2,2,4,6H3. The lowest BCUT2D eigenvalue weighted by molar-refractivity contribution is 0.842. The molecule has 0 aliphatic rings. The van der Waals surface area contributed by atoms with Gasteiger partial charge in [0.1, 0.15) is 0 Å². The summed E-state index contributed by atoms with van der Waals surface area (Å²) in [5.74, 6) is 0.306. The Hall–Kier alpha value is -0.780. The van der Waals surface area contributed by atoms with Crippen molar-refractivity contribution in [3.8, 4) is 0 Å². The molecule has 0 saturated heterocycles. The zero-order valence-electron chi connectivity index (χ0n) is 7.20. The molecule has 0 aromatic heterocycles. The van der Waals surface area contributed by atoms with E-state index in [1.807, 2.05) is 20.8 Å². The maximum atomic E-state index is 3.88. The summed E-state index contributed by atoms with van der Waals surface area (Å²) in [5, 5.41) is 0. The summed E-state index contributed by atoms with van der Waals surface area (Å²) in [6, 6.07) is 0. The lowest BCUT2D eigenvalue weighted by Crippen LogP contribution is -2.02. The Labute approximate surface area is 64.0 Å². The number of allylic oxidation sites excluding steroid dienone is 3. The first kappa shape index (κ1) is 9.22. The van der Waals surface area contributed by atoms with Crippen LogP contribution in [-0.4, -0.2) is 0 Å². The van der Waals surface area contributed by atoms with Crippen molar-refractivity contribution in [3.05, 3.63) is 36.5 Å². The Morgan fingerprint density at radius 2 is 1.00 bits per heavy atom. The molecule has 0 nitrogen and oxygen atoms in total. The molecule has 0 fully saturated rings. The minimum atomic E-state index is 0.306. The van der Waals surface area contributed by atoms with Crippen LogP contribution in [0.1, 0.15) is 20.8 Å². The van der Waals surface area contributed by atoms with Crippen molar-refractivity contribution < 1.29 is 0 Å². The van der Waals surface area contributed by atoms with Crippen LogP contribution in [0.2, 0.25) is 0 Å². The van der Waals surface area contributed by atoms with E-state index in [0.29, 0.717) is 5.92 Å². The van der Waals surface area contributed by atoms with Crippen LogP contribution < -0.4 is 0 Å². The van der Waals surface area contributed by atoms with Crippen LogP contribution in [0.25, 0.3) is 0 Å². The van der Waals surface area contributed by atoms with E-state index in [1.165, 1.54) is 0 Å². The Morgan fingerprint density at radius 3 is 1.00 bits per heavy atom. The van der Waals surface area contributed by atoms with Gasteiger partial charge in [-0.2, -0.15) is 0 Å². The SMILES string of the molecule is C=C(C)C(C(=C)C)C(=C)C. The van der Waals surface area contributed by atoms with Gasteiger partial charge in [0.15, 0.2) is 0 Å². The minimum Gasteiger partial charge on any atom is -0.0992 e. The van der Waals surface area contributed by atoms with Gasteiger partial charge in [-0.15, -0.1) is 0 Å². The van der Waals surface area contributed by atoms with E-state index in [0.717, 1.165) is 16.7 Å². The first-order valence-electron chi connectivity index (χ1n) is 3.43. The molecule has 0 saturated carbocycles. The molecule has 0 aromatic carbocycles. The van der Waals surface area contributed by atoms with E-state index in [2.05, 4.69) is 19.7 Å². The highest BCUT2D eigenvalue weighted by molar-refractivity contribution is 5.24. The molecule has 10 heavy (non-hydrogen) atoms. The van der Waals surface area contributed by atoms with E-state index in [9.17, 15) is 0 Å². The number of hydrogen-bond acceptors (Lipinski definition) is 0. The van der Waals surface area contributed by atoms with Crippen LogP contribution in [0.5, 0.6) is 0 Å². The summed E-state index contributed by atoms with van der Waals surface area (Å²) >= 11 is 0. The van der Waals surface area contributed by atoms with Crippen molar-refractivity contribution in [3.63, 3.8) is 0 Å². The van der Waals surface area contributed by atoms with Gasteiger partial charge in [-0.05, 0) is 20.8 Å². The second-order valence-electron chi connectivity index (χ2n) is 2.97. The van der Waals surface area contributed by atoms with Gasteiger partial charge in [0.25, 0.3) is 0 Å². The fourth-order valence-corrected chi connectivity index (χ4v) is 1.26. The highest BCUT2D eigenvalue weighted by atomic mass is 14.1. The fraction of sp³-hybridized carbons (Fsp3) is 0.400. The van der Waals surface area contributed by atoms with Gasteiger partial charge >= 0.3 is 0 Å². The third-order valence-electron chi connectivity index (χ3n) is 1.48. The van der Waals surface area contributed by atoms with Gasteiger partial charge in [0.05, 0.1) is 0 Å².